The second-order valence-corrected chi connectivity index (χ2v) is 13.7. The van der Waals surface area contributed by atoms with E-state index in [-0.39, 0.29) is 16.4 Å². The Hall–Kier alpha value is -0.693. The Morgan fingerprint density at radius 3 is 2.14 bits per heavy atom. The van der Waals surface area contributed by atoms with Gasteiger partial charge >= 0.3 is 0 Å². The van der Waals surface area contributed by atoms with E-state index in [1.807, 2.05) is 20.8 Å². The van der Waals surface area contributed by atoms with Gasteiger partial charge in [0, 0.05) is 4.91 Å². The molecule has 0 saturated heterocycles. The molecule has 0 saturated carbocycles. The molecule has 0 aliphatic heterocycles. The van der Waals surface area contributed by atoms with Crippen LogP contribution in [-0.4, -0.2) is 31.0 Å². The first-order valence-corrected chi connectivity index (χ1v) is 11.4. The van der Waals surface area contributed by atoms with Gasteiger partial charge in [0.2, 0.25) is 5.91 Å². The van der Waals surface area contributed by atoms with Gasteiger partial charge in [-0.05, 0) is 35.8 Å². The maximum atomic E-state index is 11.9. The van der Waals surface area contributed by atoms with Crippen molar-refractivity contribution in [2.45, 2.75) is 76.4 Å². The molecule has 0 bridgehead atoms. The summed E-state index contributed by atoms with van der Waals surface area (Å²) in [6.07, 6.45) is -0.389. The number of rotatable bonds is 8. The quantitative estimate of drug-likeness (QED) is 0.307. The van der Waals surface area contributed by atoms with Gasteiger partial charge in [0.15, 0.2) is 8.32 Å². The lowest BCUT2D eigenvalue weighted by atomic mass is 10.0. The van der Waals surface area contributed by atoms with Crippen molar-refractivity contribution in [3.05, 3.63) is 10.4 Å². The molecule has 0 radical (unpaired) electrons. The molecule has 8 heteroatoms. The summed E-state index contributed by atoms with van der Waals surface area (Å²) in [5.41, 5.74) is 14.4. The van der Waals surface area contributed by atoms with Crippen molar-refractivity contribution in [2.24, 2.45) is 16.8 Å². The summed E-state index contributed by atoms with van der Waals surface area (Å²) in [5.74, 6) is -1.13. The third-order valence-electron chi connectivity index (χ3n) is 4.01. The van der Waals surface area contributed by atoms with E-state index in [9.17, 15) is 4.79 Å². The SMILES string of the molecule is CC(C)SC(N=[N+]=[N-])[C@@H](C(N)=O)[C@H](C)O[Si](C)(C)C(C)(C)C. The van der Waals surface area contributed by atoms with Crippen LogP contribution in [0.5, 0.6) is 0 Å². The summed E-state index contributed by atoms with van der Waals surface area (Å²) in [6.45, 7) is 16.5. The molecule has 128 valence electrons. The van der Waals surface area contributed by atoms with E-state index in [1.54, 1.807) is 0 Å². The van der Waals surface area contributed by atoms with Crippen molar-refractivity contribution in [1.82, 2.24) is 0 Å². The van der Waals surface area contributed by atoms with Crippen LogP contribution in [0.1, 0.15) is 41.5 Å². The lowest BCUT2D eigenvalue weighted by Crippen LogP contribution is -2.49. The van der Waals surface area contributed by atoms with E-state index in [4.69, 9.17) is 15.7 Å². The number of nitrogens with zero attached hydrogens (tertiary/aromatic N) is 3. The summed E-state index contributed by atoms with van der Waals surface area (Å²) < 4.78 is 6.28. The zero-order chi connectivity index (χ0) is 17.7. The molecular formula is C14H30N4O2SSi. The van der Waals surface area contributed by atoms with Crippen LogP contribution in [0.4, 0.5) is 0 Å². The molecule has 0 rings (SSSR count). The van der Waals surface area contributed by atoms with Gasteiger partial charge in [0.05, 0.1) is 17.4 Å². The molecule has 1 amide bonds. The molecule has 3 atom stereocenters. The lowest BCUT2D eigenvalue weighted by Gasteiger charge is -2.40. The summed E-state index contributed by atoms with van der Waals surface area (Å²) in [6, 6.07) is 0. The maximum absolute atomic E-state index is 11.9. The molecule has 0 heterocycles. The minimum absolute atomic E-state index is 0.0304. The fourth-order valence-electron chi connectivity index (χ4n) is 1.83. The van der Waals surface area contributed by atoms with Crippen LogP contribution in [0.15, 0.2) is 5.11 Å². The monoisotopic (exact) mass is 346 g/mol. The number of carbonyl (C=O) groups is 1. The van der Waals surface area contributed by atoms with Crippen LogP contribution in [0.3, 0.4) is 0 Å². The molecule has 0 aromatic rings. The molecule has 0 aliphatic carbocycles. The number of hydrogen-bond donors (Lipinski definition) is 1. The second-order valence-electron chi connectivity index (χ2n) is 7.29. The van der Waals surface area contributed by atoms with Crippen molar-refractivity contribution in [1.29, 1.82) is 0 Å². The zero-order valence-electron chi connectivity index (χ0n) is 15.0. The topological polar surface area (TPSA) is 101 Å². The normalized spacial score (nSPS) is 16.8. The Labute approximate surface area is 139 Å². The average Bonchev–Trinajstić information content (AvgIpc) is 2.25. The first kappa shape index (κ1) is 21.3. The molecular weight excluding hydrogens is 316 g/mol. The first-order valence-electron chi connectivity index (χ1n) is 7.50. The standard InChI is InChI=1S/C14H30N4O2SSi/c1-9(2)21-13(17-18-16)11(12(15)19)10(3)20-22(7,8)14(4,5)6/h9-11,13H,1-8H3,(H2,15,19)/t10-,11+,13?/m0/s1. The van der Waals surface area contributed by atoms with Crippen molar-refractivity contribution >= 4 is 26.0 Å². The predicted molar refractivity (Wildman–Crippen MR) is 96.1 cm³/mol. The Bertz CT molecular complexity index is 431. The minimum atomic E-state index is -2.04. The first-order chi connectivity index (χ1) is 9.83. The third kappa shape index (κ3) is 6.20. The number of azide groups is 1. The van der Waals surface area contributed by atoms with E-state index < -0.39 is 25.5 Å². The van der Waals surface area contributed by atoms with E-state index in [0.29, 0.717) is 0 Å². The molecule has 0 fully saturated rings. The van der Waals surface area contributed by atoms with Crippen molar-refractivity contribution < 1.29 is 9.22 Å². The van der Waals surface area contributed by atoms with Crippen LogP contribution in [0, 0.1) is 5.92 Å². The molecule has 0 aromatic heterocycles. The molecule has 0 aromatic carbocycles. The van der Waals surface area contributed by atoms with E-state index in [0.717, 1.165) is 0 Å². The van der Waals surface area contributed by atoms with E-state index >= 15 is 0 Å². The molecule has 0 spiro atoms. The van der Waals surface area contributed by atoms with E-state index in [2.05, 4.69) is 43.9 Å². The van der Waals surface area contributed by atoms with Gasteiger partial charge in [-0.2, -0.15) is 0 Å². The molecule has 0 aliphatic rings. The van der Waals surface area contributed by atoms with Gasteiger partial charge in [-0.1, -0.05) is 39.7 Å². The summed E-state index contributed by atoms with van der Waals surface area (Å²) in [4.78, 5) is 14.8. The number of thioether (sulfide) groups is 1. The van der Waals surface area contributed by atoms with Gasteiger partial charge in [0.1, 0.15) is 0 Å². The second kappa shape index (κ2) is 8.24. The highest BCUT2D eigenvalue weighted by Gasteiger charge is 2.42. The van der Waals surface area contributed by atoms with E-state index in [1.165, 1.54) is 11.8 Å². The summed E-state index contributed by atoms with van der Waals surface area (Å²) >= 11 is 1.44. The van der Waals surface area contributed by atoms with Crippen LogP contribution in [0.25, 0.3) is 10.4 Å². The van der Waals surface area contributed by atoms with Crippen molar-refractivity contribution in [3.63, 3.8) is 0 Å². The van der Waals surface area contributed by atoms with Crippen molar-refractivity contribution in [2.75, 3.05) is 0 Å². The Morgan fingerprint density at radius 2 is 1.82 bits per heavy atom. The summed E-state index contributed by atoms with van der Waals surface area (Å²) in [5, 5.41) is 3.47. The summed E-state index contributed by atoms with van der Waals surface area (Å²) in [7, 11) is -2.04. The molecule has 2 N–H and O–H groups in total. The van der Waals surface area contributed by atoms with Gasteiger partial charge < -0.3 is 10.2 Å². The predicted octanol–water partition coefficient (Wildman–Crippen LogP) is 4.28. The smallest absolute Gasteiger partial charge is 0.224 e. The fourth-order valence-corrected chi connectivity index (χ4v) is 4.44. The van der Waals surface area contributed by atoms with Crippen LogP contribution in [0.2, 0.25) is 18.1 Å². The largest absolute Gasteiger partial charge is 0.413 e. The Morgan fingerprint density at radius 1 is 1.32 bits per heavy atom. The number of primary amides is 1. The highest BCUT2D eigenvalue weighted by molar-refractivity contribution is 8.00. The Kier molecular flexibility index (Phi) is 7.98. The number of hydrogen-bond acceptors (Lipinski definition) is 4. The third-order valence-corrected chi connectivity index (χ3v) is 9.79. The van der Waals surface area contributed by atoms with Crippen LogP contribution >= 0.6 is 11.8 Å². The minimum Gasteiger partial charge on any atom is -0.413 e. The highest BCUT2D eigenvalue weighted by atomic mass is 32.2. The number of nitrogens with two attached hydrogens (primary N) is 1. The number of amides is 1. The van der Waals surface area contributed by atoms with Gasteiger partial charge in [-0.15, -0.1) is 11.8 Å². The number of carbonyl (C=O) groups excluding carboxylic acids is 1. The van der Waals surface area contributed by atoms with Crippen molar-refractivity contribution in [3.8, 4) is 0 Å². The van der Waals surface area contributed by atoms with Gasteiger partial charge in [-0.25, -0.2) is 0 Å². The molecule has 22 heavy (non-hydrogen) atoms. The molecule has 6 nitrogen and oxygen atoms in total. The molecule has 1 unspecified atom stereocenters. The lowest BCUT2D eigenvalue weighted by molar-refractivity contribution is -0.124. The maximum Gasteiger partial charge on any atom is 0.224 e. The van der Waals surface area contributed by atoms with Crippen LogP contribution in [-0.2, 0) is 9.22 Å². The average molecular weight is 347 g/mol. The van der Waals surface area contributed by atoms with Crippen LogP contribution < -0.4 is 5.73 Å². The van der Waals surface area contributed by atoms with Gasteiger partial charge in [0.25, 0.3) is 0 Å². The zero-order valence-corrected chi connectivity index (χ0v) is 16.8. The Balaban J connectivity index is 5.39. The highest BCUT2D eigenvalue weighted by Crippen LogP contribution is 2.39. The van der Waals surface area contributed by atoms with Gasteiger partial charge in [-0.3, -0.25) is 4.79 Å². The fraction of sp³-hybridized carbons (Fsp3) is 0.929.